The van der Waals surface area contributed by atoms with Crippen LogP contribution in [0.2, 0.25) is 0 Å². The van der Waals surface area contributed by atoms with Gasteiger partial charge in [0.2, 0.25) is 5.91 Å². The fourth-order valence-electron chi connectivity index (χ4n) is 3.77. The maximum Gasteiger partial charge on any atom is 0.323 e. The zero-order valence-corrected chi connectivity index (χ0v) is 20.7. The Morgan fingerprint density at radius 3 is 2.83 bits per heavy atom. The van der Waals surface area contributed by atoms with E-state index >= 15 is 0 Å². The highest BCUT2D eigenvalue weighted by Gasteiger charge is 2.28. The van der Waals surface area contributed by atoms with Crippen molar-refractivity contribution >= 4 is 44.4 Å². The Balaban J connectivity index is 1.36. The monoisotopic (exact) mass is 494 g/mol. The second-order valence-corrected chi connectivity index (χ2v) is 10.3. The minimum atomic E-state index is -0.215. The van der Waals surface area contributed by atoms with Crippen LogP contribution in [-0.4, -0.2) is 48.8 Å². The predicted octanol–water partition coefficient (Wildman–Crippen LogP) is 4.43. The second-order valence-electron chi connectivity index (χ2n) is 9.27. The van der Waals surface area contributed by atoms with E-state index in [1.807, 2.05) is 0 Å². The second kappa shape index (κ2) is 9.19. The number of ether oxygens (including phenoxy) is 2. The fourth-order valence-corrected chi connectivity index (χ4v) is 4.58. The lowest BCUT2D eigenvalue weighted by Gasteiger charge is -2.22. The Kier molecular flexibility index (Phi) is 6.07. The van der Waals surface area contributed by atoms with E-state index in [-0.39, 0.29) is 23.4 Å². The fraction of sp³-hybridized carbons (Fsp3) is 0.391. The minimum absolute atomic E-state index is 0.0619. The molecule has 0 saturated carbocycles. The van der Waals surface area contributed by atoms with Gasteiger partial charge < -0.3 is 20.1 Å². The van der Waals surface area contributed by atoms with Gasteiger partial charge in [0.05, 0.1) is 18.8 Å². The number of rotatable bonds is 6. The molecule has 1 saturated heterocycles. The molecule has 4 aromatic heterocycles. The Morgan fingerprint density at radius 1 is 1.23 bits per heavy atom. The van der Waals surface area contributed by atoms with Crippen LogP contribution in [0, 0.1) is 0 Å². The maximum absolute atomic E-state index is 11.3. The number of anilines is 3. The van der Waals surface area contributed by atoms with Crippen molar-refractivity contribution in [1.29, 1.82) is 0 Å². The van der Waals surface area contributed by atoms with E-state index in [0.717, 1.165) is 24.5 Å². The van der Waals surface area contributed by atoms with E-state index in [1.165, 1.54) is 24.5 Å². The van der Waals surface area contributed by atoms with Gasteiger partial charge in [0.25, 0.3) is 0 Å². The molecule has 11 nitrogen and oxygen atoms in total. The third-order valence-electron chi connectivity index (χ3n) is 5.36. The Labute approximate surface area is 205 Å². The Morgan fingerprint density at radius 2 is 2.09 bits per heavy atom. The summed E-state index contributed by atoms with van der Waals surface area (Å²) in [5.41, 5.74) is 1.73. The summed E-state index contributed by atoms with van der Waals surface area (Å²) in [6, 6.07) is 5.75. The highest BCUT2D eigenvalue weighted by molar-refractivity contribution is 7.21. The quantitative estimate of drug-likeness (QED) is 0.400. The van der Waals surface area contributed by atoms with E-state index in [4.69, 9.17) is 14.6 Å². The number of hydrogen-bond donors (Lipinski definition) is 2. The highest BCUT2D eigenvalue weighted by Crippen LogP contribution is 2.33. The zero-order chi connectivity index (χ0) is 24.6. The summed E-state index contributed by atoms with van der Waals surface area (Å²) in [7, 11) is 0. The molecule has 2 N–H and O–H groups in total. The molecular formula is C23H26N8O3S. The molecule has 1 unspecified atom stereocenters. The van der Waals surface area contributed by atoms with Crippen LogP contribution in [0.1, 0.15) is 45.9 Å². The van der Waals surface area contributed by atoms with E-state index in [9.17, 15) is 4.79 Å². The lowest BCUT2D eigenvalue weighted by atomic mass is 9.91. The minimum Gasteiger partial charge on any atom is -0.424 e. The Hall–Kier alpha value is -3.64. The van der Waals surface area contributed by atoms with Crippen LogP contribution < -0.4 is 15.4 Å². The largest absolute Gasteiger partial charge is 0.424 e. The van der Waals surface area contributed by atoms with E-state index in [2.05, 4.69) is 62.1 Å². The molecule has 12 heteroatoms. The van der Waals surface area contributed by atoms with Crippen LogP contribution in [0.15, 0.2) is 30.6 Å². The number of amides is 1. The predicted molar refractivity (Wildman–Crippen MR) is 133 cm³/mol. The summed E-state index contributed by atoms with van der Waals surface area (Å²) >= 11 is 1.39. The molecule has 35 heavy (non-hydrogen) atoms. The third-order valence-corrected chi connectivity index (χ3v) is 6.24. The summed E-state index contributed by atoms with van der Waals surface area (Å²) < 4.78 is 13.4. The summed E-state index contributed by atoms with van der Waals surface area (Å²) in [5, 5.41) is 11.4. The van der Waals surface area contributed by atoms with Gasteiger partial charge in [0.15, 0.2) is 15.8 Å². The van der Waals surface area contributed by atoms with Crippen molar-refractivity contribution in [1.82, 2.24) is 29.7 Å². The molecule has 0 bridgehead atoms. The van der Waals surface area contributed by atoms with Crippen LogP contribution in [0.4, 0.5) is 16.8 Å². The van der Waals surface area contributed by atoms with Gasteiger partial charge in [-0.3, -0.25) is 9.48 Å². The van der Waals surface area contributed by atoms with Gasteiger partial charge in [-0.25, -0.2) is 15.0 Å². The molecule has 1 aliphatic heterocycles. The molecular weight excluding hydrogens is 468 g/mol. The van der Waals surface area contributed by atoms with Gasteiger partial charge in [-0.2, -0.15) is 10.1 Å². The van der Waals surface area contributed by atoms with Crippen molar-refractivity contribution in [3.05, 3.63) is 36.3 Å². The Bertz CT molecular complexity index is 1370. The SMILES string of the molecule is CC(=O)Nc1cc(Oc2ncc3nc(Nc4cc(C(C)(C)C)n(C5CCOC5)n4)sc3n2)ccn1. The molecule has 0 aromatic carbocycles. The zero-order valence-electron chi connectivity index (χ0n) is 19.9. The number of pyridine rings is 1. The van der Waals surface area contributed by atoms with Crippen molar-refractivity contribution in [2.75, 3.05) is 23.8 Å². The van der Waals surface area contributed by atoms with Gasteiger partial charge in [-0.05, 0) is 12.5 Å². The van der Waals surface area contributed by atoms with Crippen LogP contribution in [0.25, 0.3) is 10.3 Å². The number of nitrogens with zero attached hydrogens (tertiary/aromatic N) is 6. The molecule has 5 heterocycles. The van der Waals surface area contributed by atoms with Crippen LogP contribution in [0.3, 0.4) is 0 Å². The number of thiazole rings is 1. The number of fused-ring (bicyclic) bond motifs is 1. The number of carbonyl (C=O) groups is 1. The molecule has 0 radical (unpaired) electrons. The molecule has 182 valence electrons. The van der Waals surface area contributed by atoms with Crippen LogP contribution in [-0.2, 0) is 14.9 Å². The number of carbonyl (C=O) groups excluding carboxylic acids is 1. The highest BCUT2D eigenvalue weighted by atomic mass is 32.1. The standard InChI is InChI=1S/C23H26N8O3S/c1-13(32)26-18-9-15(5-7-24-18)34-21-25-11-16-20(29-21)35-22(27-16)28-19-10-17(23(2,3)4)31(30-19)14-6-8-33-12-14/h5,7,9-11,14H,6,8,12H2,1-4H3,(H,24,26,32)(H,27,28,30). The molecule has 4 aromatic rings. The van der Waals surface area contributed by atoms with Crippen LogP contribution >= 0.6 is 11.3 Å². The molecule has 1 aliphatic rings. The average Bonchev–Trinajstić information content (AvgIpc) is 3.52. The van der Waals surface area contributed by atoms with E-state index in [1.54, 1.807) is 18.3 Å². The molecule has 0 spiro atoms. The summed E-state index contributed by atoms with van der Waals surface area (Å²) in [6.45, 7) is 9.38. The lowest BCUT2D eigenvalue weighted by Crippen LogP contribution is -2.22. The van der Waals surface area contributed by atoms with E-state index in [0.29, 0.717) is 33.7 Å². The number of nitrogens with one attached hydrogen (secondary N) is 2. The first kappa shape index (κ1) is 23.1. The first-order valence-corrected chi connectivity index (χ1v) is 12.1. The van der Waals surface area contributed by atoms with Gasteiger partial charge in [0.1, 0.15) is 17.1 Å². The number of hydrogen-bond acceptors (Lipinski definition) is 10. The van der Waals surface area contributed by atoms with Crippen molar-refractivity contribution in [3.63, 3.8) is 0 Å². The summed E-state index contributed by atoms with van der Waals surface area (Å²) in [4.78, 5) is 29.3. The van der Waals surface area contributed by atoms with Crippen LogP contribution in [0.5, 0.6) is 11.8 Å². The van der Waals surface area contributed by atoms with Gasteiger partial charge >= 0.3 is 6.01 Å². The van der Waals surface area contributed by atoms with Crippen molar-refractivity contribution in [2.45, 2.75) is 45.6 Å². The average molecular weight is 495 g/mol. The van der Waals surface area contributed by atoms with Crippen molar-refractivity contribution in [3.8, 4) is 11.8 Å². The first-order valence-electron chi connectivity index (χ1n) is 11.2. The molecule has 1 amide bonds. The number of aromatic nitrogens is 6. The maximum atomic E-state index is 11.3. The van der Waals surface area contributed by atoms with Crippen molar-refractivity contribution in [2.24, 2.45) is 0 Å². The summed E-state index contributed by atoms with van der Waals surface area (Å²) in [6.07, 6.45) is 4.11. The van der Waals surface area contributed by atoms with Gasteiger partial charge in [-0.15, -0.1) is 0 Å². The summed E-state index contributed by atoms with van der Waals surface area (Å²) in [5.74, 6) is 1.36. The van der Waals surface area contributed by atoms with Gasteiger partial charge in [0, 0.05) is 43.0 Å². The topological polar surface area (TPSA) is 129 Å². The normalized spacial score (nSPS) is 15.9. The first-order chi connectivity index (χ1) is 16.7. The molecule has 1 atom stereocenters. The molecule has 0 aliphatic carbocycles. The van der Waals surface area contributed by atoms with E-state index < -0.39 is 0 Å². The molecule has 1 fully saturated rings. The smallest absolute Gasteiger partial charge is 0.323 e. The molecule has 5 rings (SSSR count). The van der Waals surface area contributed by atoms with Crippen molar-refractivity contribution < 1.29 is 14.3 Å². The lowest BCUT2D eigenvalue weighted by molar-refractivity contribution is -0.114. The third kappa shape index (κ3) is 5.23. The van der Waals surface area contributed by atoms with Gasteiger partial charge in [-0.1, -0.05) is 32.1 Å².